The SMILES string of the molecule is COc1ccc(C(C)Nc2ccc(F)cc2Cl)cc1OC. The van der Waals surface area contributed by atoms with Crippen molar-refractivity contribution in [2.24, 2.45) is 0 Å². The van der Waals surface area contributed by atoms with Crippen molar-refractivity contribution in [2.75, 3.05) is 19.5 Å². The maximum absolute atomic E-state index is 13.0. The van der Waals surface area contributed by atoms with E-state index in [2.05, 4.69) is 5.32 Å². The molecule has 112 valence electrons. The van der Waals surface area contributed by atoms with Crippen LogP contribution in [0.25, 0.3) is 0 Å². The van der Waals surface area contributed by atoms with Gasteiger partial charge in [-0.25, -0.2) is 4.39 Å². The average Bonchev–Trinajstić information content (AvgIpc) is 2.49. The molecular formula is C16H17ClFNO2. The standard InChI is InChI=1S/C16H17ClFNO2/c1-10(19-14-6-5-12(18)9-13(14)17)11-4-7-15(20-2)16(8-11)21-3/h4-10,19H,1-3H3. The first-order chi connectivity index (χ1) is 10.0. The number of benzene rings is 2. The Morgan fingerprint density at radius 3 is 2.38 bits per heavy atom. The molecule has 21 heavy (non-hydrogen) atoms. The molecule has 3 nitrogen and oxygen atoms in total. The van der Waals surface area contributed by atoms with Crippen LogP contribution in [0.15, 0.2) is 36.4 Å². The Labute approximate surface area is 128 Å². The summed E-state index contributed by atoms with van der Waals surface area (Å²) in [5, 5.41) is 3.60. The van der Waals surface area contributed by atoms with Gasteiger partial charge in [-0.1, -0.05) is 17.7 Å². The molecule has 0 aliphatic heterocycles. The van der Waals surface area contributed by atoms with E-state index in [-0.39, 0.29) is 11.9 Å². The topological polar surface area (TPSA) is 30.5 Å². The molecule has 0 radical (unpaired) electrons. The van der Waals surface area contributed by atoms with Crippen molar-refractivity contribution in [1.29, 1.82) is 0 Å². The van der Waals surface area contributed by atoms with E-state index in [9.17, 15) is 4.39 Å². The lowest BCUT2D eigenvalue weighted by molar-refractivity contribution is 0.354. The zero-order chi connectivity index (χ0) is 15.4. The van der Waals surface area contributed by atoms with Crippen LogP contribution in [0.4, 0.5) is 10.1 Å². The van der Waals surface area contributed by atoms with Crippen molar-refractivity contribution in [2.45, 2.75) is 13.0 Å². The van der Waals surface area contributed by atoms with Gasteiger partial charge in [-0.2, -0.15) is 0 Å². The summed E-state index contributed by atoms with van der Waals surface area (Å²) in [6.07, 6.45) is 0. The van der Waals surface area contributed by atoms with Gasteiger partial charge in [0.15, 0.2) is 11.5 Å². The molecule has 0 aromatic heterocycles. The van der Waals surface area contributed by atoms with E-state index in [0.29, 0.717) is 22.2 Å². The minimum absolute atomic E-state index is 0.0206. The third kappa shape index (κ3) is 3.58. The van der Waals surface area contributed by atoms with Gasteiger partial charge in [0.25, 0.3) is 0 Å². The van der Waals surface area contributed by atoms with Crippen LogP contribution in [0, 0.1) is 5.82 Å². The second-order valence-electron chi connectivity index (χ2n) is 4.60. The molecule has 2 rings (SSSR count). The third-order valence-corrected chi connectivity index (χ3v) is 3.52. The highest BCUT2D eigenvalue weighted by atomic mass is 35.5. The fourth-order valence-corrected chi connectivity index (χ4v) is 2.27. The molecule has 1 unspecified atom stereocenters. The number of ether oxygens (including phenoxy) is 2. The van der Waals surface area contributed by atoms with Crippen molar-refractivity contribution in [3.05, 3.63) is 52.8 Å². The van der Waals surface area contributed by atoms with E-state index in [1.165, 1.54) is 12.1 Å². The molecule has 1 N–H and O–H groups in total. The Morgan fingerprint density at radius 1 is 1.05 bits per heavy atom. The normalized spacial score (nSPS) is 11.9. The summed E-state index contributed by atoms with van der Waals surface area (Å²) in [5.41, 5.74) is 1.69. The van der Waals surface area contributed by atoms with E-state index < -0.39 is 0 Å². The second kappa shape index (κ2) is 6.68. The fraction of sp³-hybridized carbons (Fsp3) is 0.250. The van der Waals surface area contributed by atoms with Gasteiger partial charge in [0.1, 0.15) is 5.82 Å². The van der Waals surface area contributed by atoms with Gasteiger partial charge >= 0.3 is 0 Å². The summed E-state index contributed by atoms with van der Waals surface area (Å²) in [6, 6.07) is 9.94. The molecule has 0 bridgehead atoms. The Balaban J connectivity index is 2.21. The summed E-state index contributed by atoms with van der Waals surface area (Å²) < 4.78 is 23.5. The van der Waals surface area contributed by atoms with Crippen LogP contribution in [0.2, 0.25) is 5.02 Å². The van der Waals surface area contributed by atoms with Crippen LogP contribution < -0.4 is 14.8 Å². The molecule has 0 amide bonds. The molecule has 0 heterocycles. The van der Waals surface area contributed by atoms with Crippen LogP contribution in [0.1, 0.15) is 18.5 Å². The molecule has 0 saturated heterocycles. The molecule has 0 saturated carbocycles. The van der Waals surface area contributed by atoms with Gasteiger partial charge in [0, 0.05) is 6.04 Å². The van der Waals surface area contributed by atoms with E-state index in [1.54, 1.807) is 20.3 Å². The zero-order valence-corrected chi connectivity index (χ0v) is 12.9. The quantitative estimate of drug-likeness (QED) is 0.870. The van der Waals surface area contributed by atoms with E-state index in [1.807, 2.05) is 25.1 Å². The maximum atomic E-state index is 13.0. The molecule has 0 spiro atoms. The first-order valence-electron chi connectivity index (χ1n) is 6.48. The second-order valence-corrected chi connectivity index (χ2v) is 5.01. The van der Waals surface area contributed by atoms with Gasteiger partial charge in [0.05, 0.1) is 24.9 Å². The number of methoxy groups -OCH3 is 2. The summed E-state index contributed by atoms with van der Waals surface area (Å²) in [4.78, 5) is 0. The van der Waals surface area contributed by atoms with Crippen molar-refractivity contribution in [3.63, 3.8) is 0 Å². The van der Waals surface area contributed by atoms with Crippen LogP contribution in [0.5, 0.6) is 11.5 Å². The Hall–Kier alpha value is -1.94. The highest BCUT2D eigenvalue weighted by molar-refractivity contribution is 6.33. The van der Waals surface area contributed by atoms with Gasteiger partial charge in [-0.3, -0.25) is 0 Å². The number of halogens is 2. The Morgan fingerprint density at radius 2 is 1.76 bits per heavy atom. The lowest BCUT2D eigenvalue weighted by Crippen LogP contribution is -2.07. The molecule has 0 fully saturated rings. The predicted octanol–water partition coefficient (Wildman–Crippen LogP) is 4.67. The summed E-state index contributed by atoms with van der Waals surface area (Å²) in [7, 11) is 3.19. The lowest BCUT2D eigenvalue weighted by Gasteiger charge is -2.18. The molecule has 0 aliphatic carbocycles. The number of rotatable bonds is 5. The molecular weight excluding hydrogens is 293 g/mol. The van der Waals surface area contributed by atoms with Crippen molar-refractivity contribution in [3.8, 4) is 11.5 Å². The number of hydrogen-bond acceptors (Lipinski definition) is 3. The fourth-order valence-electron chi connectivity index (χ4n) is 2.05. The Bertz CT molecular complexity index is 634. The first kappa shape index (κ1) is 15.4. The zero-order valence-electron chi connectivity index (χ0n) is 12.1. The molecule has 2 aromatic rings. The van der Waals surface area contributed by atoms with Crippen LogP contribution in [-0.2, 0) is 0 Å². The van der Waals surface area contributed by atoms with Crippen molar-refractivity contribution < 1.29 is 13.9 Å². The van der Waals surface area contributed by atoms with Crippen molar-refractivity contribution >= 4 is 17.3 Å². The van der Waals surface area contributed by atoms with E-state index in [4.69, 9.17) is 21.1 Å². The Kier molecular flexibility index (Phi) is 4.91. The summed E-state index contributed by atoms with van der Waals surface area (Å²) in [5.74, 6) is 0.978. The largest absolute Gasteiger partial charge is 0.493 e. The number of nitrogens with one attached hydrogen (secondary N) is 1. The molecule has 0 aliphatic rings. The molecule has 2 aromatic carbocycles. The summed E-state index contributed by atoms with van der Waals surface area (Å²) >= 11 is 6.02. The minimum Gasteiger partial charge on any atom is -0.493 e. The maximum Gasteiger partial charge on any atom is 0.161 e. The smallest absolute Gasteiger partial charge is 0.161 e. The van der Waals surface area contributed by atoms with Crippen LogP contribution in [-0.4, -0.2) is 14.2 Å². The van der Waals surface area contributed by atoms with Gasteiger partial charge < -0.3 is 14.8 Å². The van der Waals surface area contributed by atoms with Crippen LogP contribution >= 0.6 is 11.6 Å². The highest BCUT2D eigenvalue weighted by Gasteiger charge is 2.11. The first-order valence-corrected chi connectivity index (χ1v) is 6.86. The van der Waals surface area contributed by atoms with Gasteiger partial charge in [0.2, 0.25) is 0 Å². The monoisotopic (exact) mass is 309 g/mol. The van der Waals surface area contributed by atoms with Crippen LogP contribution in [0.3, 0.4) is 0 Å². The number of anilines is 1. The van der Waals surface area contributed by atoms with Gasteiger partial charge in [-0.15, -0.1) is 0 Å². The predicted molar refractivity (Wildman–Crippen MR) is 83.0 cm³/mol. The van der Waals surface area contributed by atoms with Crippen molar-refractivity contribution in [1.82, 2.24) is 0 Å². The minimum atomic E-state index is -0.357. The van der Waals surface area contributed by atoms with E-state index in [0.717, 1.165) is 5.56 Å². The van der Waals surface area contributed by atoms with E-state index >= 15 is 0 Å². The number of hydrogen-bond donors (Lipinski definition) is 1. The van der Waals surface area contributed by atoms with Gasteiger partial charge in [-0.05, 0) is 42.8 Å². The summed E-state index contributed by atoms with van der Waals surface area (Å²) in [6.45, 7) is 1.99. The lowest BCUT2D eigenvalue weighted by atomic mass is 10.1. The molecule has 5 heteroatoms. The third-order valence-electron chi connectivity index (χ3n) is 3.21. The molecule has 1 atom stereocenters. The average molecular weight is 310 g/mol. The highest BCUT2D eigenvalue weighted by Crippen LogP contribution is 2.32.